The molecule has 0 fully saturated rings. The van der Waals surface area contributed by atoms with Gasteiger partial charge in [-0.15, -0.1) is 0 Å². The quantitative estimate of drug-likeness (QED) is 0.467. The smallest absolute Gasteiger partial charge is 0.292 e. The summed E-state index contributed by atoms with van der Waals surface area (Å²) >= 11 is 0. The zero-order chi connectivity index (χ0) is 16.4. The first-order valence-corrected chi connectivity index (χ1v) is 7.86. The fourth-order valence-corrected chi connectivity index (χ4v) is 1.72. The van der Waals surface area contributed by atoms with Gasteiger partial charge in [0.05, 0.1) is 9.67 Å². The molecule has 0 aromatic heterocycles. The zero-order valence-electron chi connectivity index (χ0n) is 11.9. The monoisotopic (exact) mass is 315 g/mol. The van der Waals surface area contributed by atoms with Crippen LogP contribution in [0.2, 0.25) is 0 Å². The third-order valence-corrected chi connectivity index (χ3v) is 5.32. The standard InChI is InChI=1S/C12H17N3O5S/c1-12(2,21(3,19)20)7-14-11(16)8-4-5-10(15(17)18)9(13)6-8/h4-6H,7,13H2,1-3H3,(H,14,16). The summed E-state index contributed by atoms with van der Waals surface area (Å²) in [7, 11) is -3.34. The van der Waals surface area contributed by atoms with E-state index in [1.54, 1.807) is 0 Å². The van der Waals surface area contributed by atoms with Crippen molar-refractivity contribution in [3.63, 3.8) is 0 Å². The Bertz CT molecular complexity index is 682. The summed E-state index contributed by atoms with van der Waals surface area (Å²) in [6.07, 6.45) is 1.09. The van der Waals surface area contributed by atoms with Gasteiger partial charge in [0.25, 0.3) is 11.6 Å². The van der Waals surface area contributed by atoms with Crippen LogP contribution < -0.4 is 11.1 Å². The van der Waals surface area contributed by atoms with Crippen LogP contribution in [0.15, 0.2) is 18.2 Å². The fraction of sp³-hybridized carbons (Fsp3) is 0.417. The van der Waals surface area contributed by atoms with E-state index in [-0.39, 0.29) is 23.5 Å². The van der Waals surface area contributed by atoms with Crippen molar-refractivity contribution < 1.29 is 18.1 Å². The Morgan fingerprint density at radius 3 is 2.43 bits per heavy atom. The molecule has 0 aliphatic heterocycles. The van der Waals surface area contributed by atoms with Gasteiger partial charge < -0.3 is 11.1 Å². The fourth-order valence-electron chi connectivity index (χ4n) is 1.39. The van der Waals surface area contributed by atoms with Crippen molar-refractivity contribution in [1.82, 2.24) is 5.32 Å². The number of nitrogens with zero attached hydrogens (tertiary/aromatic N) is 1. The third-order valence-electron chi connectivity index (χ3n) is 3.16. The number of carbonyl (C=O) groups is 1. The van der Waals surface area contributed by atoms with E-state index >= 15 is 0 Å². The summed E-state index contributed by atoms with van der Waals surface area (Å²) in [6.45, 7) is 2.90. The Morgan fingerprint density at radius 1 is 1.43 bits per heavy atom. The van der Waals surface area contributed by atoms with Gasteiger partial charge in [0, 0.05) is 24.4 Å². The van der Waals surface area contributed by atoms with Gasteiger partial charge in [0.15, 0.2) is 9.84 Å². The highest BCUT2D eigenvalue weighted by atomic mass is 32.2. The minimum atomic E-state index is -3.34. The number of nitro groups is 1. The number of amides is 1. The molecule has 116 valence electrons. The van der Waals surface area contributed by atoms with Gasteiger partial charge in [0.2, 0.25) is 0 Å². The molecule has 1 aromatic rings. The Kier molecular flexibility index (Phi) is 4.57. The second-order valence-corrected chi connectivity index (χ2v) is 7.89. The van der Waals surface area contributed by atoms with E-state index in [1.165, 1.54) is 26.0 Å². The van der Waals surface area contributed by atoms with Crippen LogP contribution in [0.25, 0.3) is 0 Å². The van der Waals surface area contributed by atoms with Crippen molar-refractivity contribution in [2.45, 2.75) is 18.6 Å². The van der Waals surface area contributed by atoms with Crippen LogP contribution in [0, 0.1) is 10.1 Å². The lowest BCUT2D eigenvalue weighted by Crippen LogP contribution is -2.43. The first-order valence-electron chi connectivity index (χ1n) is 5.97. The number of hydrogen-bond donors (Lipinski definition) is 2. The van der Waals surface area contributed by atoms with Crippen molar-refractivity contribution in [3.8, 4) is 0 Å². The van der Waals surface area contributed by atoms with Crippen molar-refractivity contribution in [2.75, 3.05) is 18.5 Å². The molecule has 0 heterocycles. The first kappa shape index (κ1) is 16.9. The van der Waals surface area contributed by atoms with E-state index in [4.69, 9.17) is 5.73 Å². The van der Waals surface area contributed by atoms with Gasteiger partial charge in [-0.2, -0.15) is 0 Å². The molecule has 3 N–H and O–H groups in total. The lowest BCUT2D eigenvalue weighted by Gasteiger charge is -2.22. The lowest BCUT2D eigenvalue weighted by molar-refractivity contribution is -0.383. The number of anilines is 1. The SMILES string of the molecule is CC(C)(CNC(=O)c1ccc([N+](=O)[O-])c(N)c1)S(C)(=O)=O. The van der Waals surface area contributed by atoms with E-state index < -0.39 is 25.4 Å². The van der Waals surface area contributed by atoms with Crippen LogP contribution in [0.3, 0.4) is 0 Å². The van der Waals surface area contributed by atoms with Crippen molar-refractivity contribution in [1.29, 1.82) is 0 Å². The zero-order valence-corrected chi connectivity index (χ0v) is 12.7. The van der Waals surface area contributed by atoms with Crippen LogP contribution in [-0.4, -0.2) is 36.8 Å². The van der Waals surface area contributed by atoms with Gasteiger partial charge >= 0.3 is 0 Å². The van der Waals surface area contributed by atoms with Crippen molar-refractivity contribution in [3.05, 3.63) is 33.9 Å². The highest BCUT2D eigenvalue weighted by molar-refractivity contribution is 7.92. The molecular formula is C12H17N3O5S. The molecule has 8 nitrogen and oxygen atoms in total. The summed E-state index contributed by atoms with van der Waals surface area (Å²) in [5, 5.41) is 13.1. The number of carbonyl (C=O) groups excluding carboxylic acids is 1. The average molecular weight is 315 g/mol. The minimum Gasteiger partial charge on any atom is -0.393 e. The van der Waals surface area contributed by atoms with Gasteiger partial charge in [-0.1, -0.05) is 0 Å². The number of nitrogen functional groups attached to an aromatic ring is 1. The molecule has 0 atom stereocenters. The van der Waals surface area contributed by atoms with Gasteiger partial charge in [0.1, 0.15) is 5.69 Å². The molecule has 1 rings (SSSR count). The van der Waals surface area contributed by atoms with Crippen LogP contribution in [0.1, 0.15) is 24.2 Å². The van der Waals surface area contributed by atoms with Crippen LogP contribution in [0.4, 0.5) is 11.4 Å². The molecule has 0 saturated carbocycles. The highest BCUT2D eigenvalue weighted by Crippen LogP contribution is 2.22. The molecule has 0 aliphatic rings. The summed E-state index contributed by atoms with van der Waals surface area (Å²) in [4.78, 5) is 21.9. The summed E-state index contributed by atoms with van der Waals surface area (Å²) < 4.78 is 21.9. The number of nitro benzene ring substituents is 1. The molecule has 0 saturated heterocycles. The maximum Gasteiger partial charge on any atom is 0.292 e. The number of benzene rings is 1. The Hall–Kier alpha value is -2.16. The number of nitrogens with one attached hydrogen (secondary N) is 1. The number of hydrogen-bond acceptors (Lipinski definition) is 6. The van der Waals surface area contributed by atoms with Gasteiger partial charge in [-0.05, 0) is 26.0 Å². The third kappa shape index (κ3) is 3.91. The maximum atomic E-state index is 11.9. The highest BCUT2D eigenvalue weighted by Gasteiger charge is 2.30. The van der Waals surface area contributed by atoms with Gasteiger partial charge in [-0.3, -0.25) is 14.9 Å². The average Bonchev–Trinajstić information content (AvgIpc) is 2.34. The summed E-state index contributed by atoms with van der Waals surface area (Å²) in [5.74, 6) is -0.548. The molecule has 0 unspecified atom stereocenters. The molecule has 9 heteroatoms. The molecule has 1 aromatic carbocycles. The molecule has 0 aliphatic carbocycles. The second kappa shape index (κ2) is 5.68. The number of rotatable bonds is 5. The van der Waals surface area contributed by atoms with Crippen LogP contribution in [0.5, 0.6) is 0 Å². The normalized spacial score (nSPS) is 12.0. The predicted octanol–water partition coefficient (Wildman–Crippen LogP) is 0.730. The van der Waals surface area contributed by atoms with E-state index in [1.807, 2.05) is 0 Å². The molecule has 0 bridgehead atoms. The molecule has 1 amide bonds. The second-order valence-electron chi connectivity index (χ2n) is 5.25. The lowest BCUT2D eigenvalue weighted by atomic mass is 10.1. The van der Waals surface area contributed by atoms with Crippen LogP contribution >= 0.6 is 0 Å². The molecule has 21 heavy (non-hydrogen) atoms. The largest absolute Gasteiger partial charge is 0.393 e. The Labute approximate surface area is 122 Å². The number of nitrogens with two attached hydrogens (primary N) is 1. The van der Waals surface area contributed by atoms with Gasteiger partial charge in [-0.25, -0.2) is 8.42 Å². The summed E-state index contributed by atoms with van der Waals surface area (Å²) in [6, 6.07) is 3.57. The predicted molar refractivity (Wildman–Crippen MR) is 78.8 cm³/mol. The maximum absolute atomic E-state index is 11.9. The molecule has 0 spiro atoms. The molecular weight excluding hydrogens is 298 g/mol. The first-order chi connectivity index (χ1) is 9.45. The van der Waals surface area contributed by atoms with E-state index in [0.717, 1.165) is 12.3 Å². The van der Waals surface area contributed by atoms with E-state index in [0.29, 0.717) is 0 Å². The van der Waals surface area contributed by atoms with Crippen molar-refractivity contribution in [2.24, 2.45) is 0 Å². The molecule has 0 radical (unpaired) electrons. The topological polar surface area (TPSA) is 132 Å². The van der Waals surface area contributed by atoms with Crippen molar-refractivity contribution >= 4 is 27.1 Å². The minimum absolute atomic E-state index is 0.0818. The van der Waals surface area contributed by atoms with E-state index in [2.05, 4.69) is 5.32 Å². The summed E-state index contributed by atoms with van der Waals surface area (Å²) in [5.41, 5.74) is 5.20. The van der Waals surface area contributed by atoms with E-state index in [9.17, 15) is 23.3 Å². The van der Waals surface area contributed by atoms with Crippen LogP contribution in [-0.2, 0) is 9.84 Å². The number of sulfone groups is 1. The Morgan fingerprint density at radius 2 is 2.00 bits per heavy atom. The Balaban J connectivity index is 2.87.